The average Bonchev–Trinajstić information content (AvgIpc) is 3.12. The second-order valence-electron chi connectivity index (χ2n) is 4.80. The number of hydrogen-bond acceptors (Lipinski definition) is 4. The molecule has 0 aliphatic heterocycles. The first-order valence-corrected chi connectivity index (χ1v) is 6.55. The van der Waals surface area contributed by atoms with Gasteiger partial charge in [-0.3, -0.25) is 4.68 Å². The Morgan fingerprint density at radius 3 is 3.20 bits per heavy atom. The highest BCUT2D eigenvalue weighted by Crippen LogP contribution is 2.27. The highest BCUT2D eigenvalue weighted by atomic mass is 16.3. The summed E-state index contributed by atoms with van der Waals surface area (Å²) in [5.74, 6) is 0. The first-order valence-electron chi connectivity index (χ1n) is 6.55. The van der Waals surface area contributed by atoms with Crippen molar-refractivity contribution in [3.05, 3.63) is 41.8 Å². The van der Waals surface area contributed by atoms with Crippen LogP contribution in [0, 0.1) is 4.91 Å². The van der Waals surface area contributed by atoms with Crippen LogP contribution in [0.15, 0.2) is 42.1 Å². The monoisotopic (exact) mass is 269 g/mol. The van der Waals surface area contributed by atoms with Crippen LogP contribution in [0.25, 0.3) is 22.2 Å². The minimum absolute atomic E-state index is 0.157. The minimum atomic E-state index is 0.157. The Labute approximate surface area is 115 Å². The standard InChI is InChI=1S/C14H15N5O/c1-10(2-7-18-20)19-9-11(8-17-19)12-3-5-15-14-13(12)4-6-16-14/h3-6,8-10H,2,7H2,1H3,(H,15,16). The lowest BCUT2D eigenvalue weighted by Gasteiger charge is -2.09. The molecule has 0 aromatic carbocycles. The van der Waals surface area contributed by atoms with E-state index in [0.29, 0.717) is 13.0 Å². The number of nitrogens with zero attached hydrogens (tertiary/aromatic N) is 4. The van der Waals surface area contributed by atoms with Gasteiger partial charge in [-0.05, 0) is 31.0 Å². The SMILES string of the molecule is CC(CCN=O)n1cc(-c2ccnc3[nH]ccc23)cn1. The quantitative estimate of drug-likeness (QED) is 0.723. The summed E-state index contributed by atoms with van der Waals surface area (Å²) in [5, 5.41) is 8.35. The maximum atomic E-state index is 10.2. The van der Waals surface area contributed by atoms with E-state index in [1.54, 1.807) is 6.20 Å². The molecule has 0 saturated carbocycles. The van der Waals surface area contributed by atoms with E-state index < -0.39 is 0 Å². The molecule has 6 nitrogen and oxygen atoms in total. The van der Waals surface area contributed by atoms with Gasteiger partial charge in [0.2, 0.25) is 0 Å². The molecule has 0 fully saturated rings. The van der Waals surface area contributed by atoms with Gasteiger partial charge in [0.1, 0.15) is 5.65 Å². The maximum absolute atomic E-state index is 10.2. The van der Waals surface area contributed by atoms with Crippen LogP contribution < -0.4 is 0 Å². The zero-order valence-electron chi connectivity index (χ0n) is 11.2. The van der Waals surface area contributed by atoms with E-state index in [4.69, 9.17) is 0 Å². The summed E-state index contributed by atoms with van der Waals surface area (Å²) < 4.78 is 1.87. The van der Waals surface area contributed by atoms with Gasteiger partial charge in [-0.1, -0.05) is 5.18 Å². The second kappa shape index (κ2) is 5.24. The van der Waals surface area contributed by atoms with E-state index >= 15 is 0 Å². The highest BCUT2D eigenvalue weighted by Gasteiger charge is 2.10. The van der Waals surface area contributed by atoms with Gasteiger partial charge in [0.05, 0.1) is 18.8 Å². The van der Waals surface area contributed by atoms with Crippen molar-refractivity contribution in [1.29, 1.82) is 0 Å². The van der Waals surface area contributed by atoms with E-state index in [9.17, 15) is 4.91 Å². The number of nitrogens with one attached hydrogen (secondary N) is 1. The van der Waals surface area contributed by atoms with E-state index in [1.165, 1.54) is 0 Å². The molecular weight excluding hydrogens is 254 g/mol. The third-order valence-corrected chi connectivity index (χ3v) is 3.46. The Balaban J connectivity index is 1.93. The molecule has 0 spiro atoms. The molecule has 1 N–H and O–H groups in total. The summed E-state index contributed by atoms with van der Waals surface area (Å²) in [6.45, 7) is 2.34. The van der Waals surface area contributed by atoms with Crippen LogP contribution in [0.5, 0.6) is 0 Å². The van der Waals surface area contributed by atoms with Gasteiger partial charge in [-0.15, -0.1) is 0 Å². The largest absolute Gasteiger partial charge is 0.346 e. The van der Waals surface area contributed by atoms with Gasteiger partial charge < -0.3 is 4.98 Å². The first-order chi connectivity index (χ1) is 9.79. The molecule has 3 heterocycles. The normalized spacial score (nSPS) is 12.7. The molecule has 0 amide bonds. The lowest BCUT2D eigenvalue weighted by Crippen LogP contribution is -2.06. The maximum Gasteiger partial charge on any atom is 0.137 e. The first kappa shape index (κ1) is 12.5. The van der Waals surface area contributed by atoms with Gasteiger partial charge in [0.15, 0.2) is 0 Å². The molecule has 3 aromatic rings. The van der Waals surface area contributed by atoms with Gasteiger partial charge in [-0.25, -0.2) is 4.98 Å². The van der Waals surface area contributed by atoms with Crippen LogP contribution in [-0.4, -0.2) is 26.3 Å². The lowest BCUT2D eigenvalue weighted by atomic mass is 10.1. The van der Waals surface area contributed by atoms with E-state index in [-0.39, 0.29) is 6.04 Å². The van der Waals surface area contributed by atoms with E-state index in [2.05, 4.69) is 20.2 Å². The Morgan fingerprint density at radius 2 is 2.35 bits per heavy atom. The van der Waals surface area contributed by atoms with Gasteiger partial charge in [0.25, 0.3) is 0 Å². The fraction of sp³-hybridized carbons (Fsp3) is 0.286. The van der Waals surface area contributed by atoms with E-state index in [1.807, 2.05) is 42.3 Å². The fourth-order valence-corrected chi connectivity index (χ4v) is 2.30. The van der Waals surface area contributed by atoms with Crippen LogP contribution in [0.3, 0.4) is 0 Å². The zero-order chi connectivity index (χ0) is 13.9. The van der Waals surface area contributed by atoms with Crippen molar-refractivity contribution in [1.82, 2.24) is 19.7 Å². The van der Waals surface area contributed by atoms with Gasteiger partial charge in [0, 0.05) is 29.5 Å². The Morgan fingerprint density at radius 1 is 1.45 bits per heavy atom. The average molecular weight is 269 g/mol. The van der Waals surface area contributed by atoms with Crippen molar-refractivity contribution >= 4 is 11.0 Å². The molecule has 20 heavy (non-hydrogen) atoms. The Kier molecular flexibility index (Phi) is 3.28. The Hall–Kier alpha value is -2.50. The fourth-order valence-electron chi connectivity index (χ4n) is 2.30. The topological polar surface area (TPSA) is 75.9 Å². The molecule has 1 unspecified atom stereocenters. The van der Waals surface area contributed by atoms with Gasteiger partial charge in [-0.2, -0.15) is 10.0 Å². The highest BCUT2D eigenvalue weighted by molar-refractivity contribution is 5.92. The molecule has 3 aromatic heterocycles. The summed E-state index contributed by atoms with van der Waals surface area (Å²) >= 11 is 0. The van der Waals surface area contributed by atoms with Crippen LogP contribution in [0.4, 0.5) is 0 Å². The number of aromatic amines is 1. The third-order valence-electron chi connectivity index (χ3n) is 3.46. The lowest BCUT2D eigenvalue weighted by molar-refractivity contribution is 0.465. The predicted octanol–water partition coefficient (Wildman–Crippen LogP) is 3.14. The summed E-state index contributed by atoms with van der Waals surface area (Å²) in [5.41, 5.74) is 3.01. The molecule has 0 bridgehead atoms. The number of rotatable bonds is 5. The van der Waals surface area contributed by atoms with Crippen molar-refractivity contribution in [3.63, 3.8) is 0 Å². The molecule has 0 saturated heterocycles. The number of pyridine rings is 1. The number of fused-ring (bicyclic) bond motifs is 1. The number of nitroso groups, excluding NO2 is 1. The molecule has 0 aliphatic carbocycles. The molecular formula is C14H15N5O. The zero-order valence-corrected chi connectivity index (χ0v) is 11.2. The van der Waals surface area contributed by atoms with Crippen molar-refractivity contribution in [2.75, 3.05) is 6.54 Å². The third kappa shape index (κ3) is 2.20. The molecule has 6 heteroatoms. The minimum Gasteiger partial charge on any atom is -0.346 e. The number of aromatic nitrogens is 4. The van der Waals surface area contributed by atoms with Crippen LogP contribution in [0.1, 0.15) is 19.4 Å². The van der Waals surface area contributed by atoms with Crippen molar-refractivity contribution < 1.29 is 0 Å². The Bertz CT molecular complexity index is 730. The van der Waals surface area contributed by atoms with Crippen molar-refractivity contribution in [2.24, 2.45) is 5.18 Å². The van der Waals surface area contributed by atoms with Crippen LogP contribution in [0.2, 0.25) is 0 Å². The van der Waals surface area contributed by atoms with E-state index in [0.717, 1.165) is 22.2 Å². The number of H-pyrrole nitrogens is 1. The molecule has 102 valence electrons. The van der Waals surface area contributed by atoms with Gasteiger partial charge >= 0.3 is 0 Å². The summed E-state index contributed by atoms with van der Waals surface area (Å²) in [6, 6.07) is 4.15. The molecule has 0 aliphatic rings. The summed E-state index contributed by atoms with van der Waals surface area (Å²) in [4.78, 5) is 17.6. The van der Waals surface area contributed by atoms with Crippen molar-refractivity contribution in [3.8, 4) is 11.1 Å². The molecule has 3 rings (SSSR count). The van der Waals surface area contributed by atoms with Crippen LogP contribution >= 0.6 is 0 Å². The van der Waals surface area contributed by atoms with Crippen molar-refractivity contribution in [2.45, 2.75) is 19.4 Å². The number of hydrogen-bond donors (Lipinski definition) is 1. The predicted molar refractivity (Wildman–Crippen MR) is 77.3 cm³/mol. The summed E-state index contributed by atoms with van der Waals surface area (Å²) in [6.07, 6.45) is 8.19. The molecule has 1 atom stereocenters. The second-order valence-corrected chi connectivity index (χ2v) is 4.80. The molecule has 0 radical (unpaired) electrons. The summed E-state index contributed by atoms with van der Waals surface area (Å²) in [7, 11) is 0. The van der Waals surface area contributed by atoms with Crippen LogP contribution in [-0.2, 0) is 0 Å². The smallest absolute Gasteiger partial charge is 0.137 e.